The van der Waals surface area contributed by atoms with Gasteiger partial charge < -0.3 is 14.2 Å². The first-order chi connectivity index (χ1) is 28.6. The van der Waals surface area contributed by atoms with Gasteiger partial charge in [-0.15, -0.1) is 0 Å². The quantitative estimate of drug-likeness (QED) is 0.0351. The van der Waals surface area contributed by atoms with Gasteiger partial charge >= 0.3 is 11.9 Å². The van der Waals surface area contributed by atoms with Crippen molar-refractivity contribution in [1.82, 2.24) is 0 Å². The van der Waals surface area contributed by atoms with Crippen LogP contribution in [0.15, 0.2) is 122 Å². The van der Waals surface area contributed by atoms with E-state index in [4.69, 9.17) is 14.2 Å². The Morgan fingerprint density at radius 1 is 0.397 bits per heavy atom. The third-order valence-electron chi connectivity index (χ3n) is 8.96. The fourth-order valence-corrected chi connectivity index (χ4v) is 5.61. The molecule has 58 heavy (non-hydrogen) atoms. The molecule has 0 bridgehead atoms. The van der Waals surface area contributed by atoms with Crippen LogP contribution in [0.25, 0.3) is 0 Å². The molecule has 0 aromatic rings. The van der Waals surface area contributed by atoms with Gasteiger partial charge in [-0.05, 0) is 109 Å². The molecule has 0 saturated carbocycles. The van der Waals surface area contributed by atoms with E-state index in [2.05, 4.69) is 136 Å². The van der Waals surface area contributed by atoms with E-state index >= 15 is 0 Å². The smallest absolute Gasteiger partial charge is 0.306 e. The molecule has 0 saturated heterocycles. The number of hydrogen-bond acceptors (Lipinski definition) is 5. The highest BCUT2D eigenvalue weighted by Crippen LogP contribution is 2.10. The Morgan fingerprint density at radius 2 is 0.810 bits per heavy atom. The van der Waals surface area contributed by atoms with Crippen LogP contribution in [0.3, 0.4) is 0 Å². The third-order valence-corrected chi connectivity index (χ3v) is 8.96. The predicted molar refractivity (Wildman–Crippen MR) is 251 cm³/mol. The van der Waals surface area contributed by atoms with Gasteiger partial charge in [0.05, 0.1) is 6.61 Å². The van der Waals surface area contributed by atoms with Crippen LogP contribution in [-0.4, -0.2) is 37.9 Å². The molecule has 0 spiro atoms. The molecule has 0 heterocycles. The Morgan fingerprint density at radius 3 is 1.31 bits per heavy atom. The summed E-state index contributed by atoms with van der Waals surface area (Å²) >= 11 is 0. The van der Waals surface area contributed by atoms with E-state index in [1.807, 2.05) is 6.08 Å². The van der Waals surface area contributed by atoms with Gasteiger partial charge in [-0.2, -0.15) is 0 Å². The van der Waals surface area contributed by atoms with Crippen molar-refractivity contribution in [2.45, 2.75) is 181 Å². The number of esters is 2. The van der Waals surface area contributed by atoms with Crippen molar-refractivity contribution in [2.75, 3.05) is 19.8 Å². The molecular formula is C53H84O5. The van der Waals surface area contributed by atoms with Crippen LogP contribution in [0.4, 0.5) is 0 Å². The van der Waals surface area contributed by atoms with Crippen LogP contribution in [0, 0.1) is 0 Å². The lowest BCUT2D eigenvalue weighted by molar-refractivity contribution is -0.162. The zero-order valence-electron chi connectivity index (χ0n) is 37.3. The van der Waals surface area contributed by atoms with Gasteiger partial charge in [-0.1, -0.05) is 174 Å². The van der Waals surface area contributed by atoms with E-state index in [0.717, 1.165) is 96.3 Å². The van der Waals surface area contributed by atoms with Gasteiger partial charge in [-0.25, -0.2) is 0 Å². The van der Waals surface area contributed by atoms with E-state index in [-0.39, 0.29) is 31.6 Å². The summed E-state index contributed by atoms with van der Waals surface area (Å²) in [5, 5.41) is 0. The van der Waals surface area contributed by atoms with Crippen molar-refractivity contribution in [1.29, 1.82) is 0 Å². The van der Waals surface area contributed by atoms with Crippen molar-refractivity contribution >= 4 is 11.9 Å². The monoisotopic (exact) mass is 801 g/mol. The molecule has 326 valence electrons. The molecule has 1 atom stereocenters. The number of carbonyl (C=O) groups is 2. The molecule has 0 aromatic carbocycles. The number of hydrogen-bond donors (Lipinski definition) is 0. The molecule has 0 aliphatic carbocycles. The maximum absolute atomic E-state index is 12.7. The first-order valence-corrected chi connectivity index (χ1v) is 23.1. The first-order valence-electron chi connectivity index (χ1n) is 23.1. The lowest BCUT2D eigenvalue weighted by Crippen LogP contribution is -2.30. The van der Waals surface area contributed by atoms with Gasteiger partial charge in [0.1, 0.15) is 6.61 Å². The summed E-state index contributed by atoms with van der Waals surface area (Å²) in [5.41, 5.74) is 0. The minimum atomic E-state index is -0.603. The molecule has 1 unspecified atom stereocenters. The number of ether oxygens (including phenoxy) is 3. The Kier molecular flexibility index (Phi) is 44.6. The van der Waals surface area contributed by atoms with Crippen LogP contribution >= 0.6 is 0 Å². The second-order valence-corrected chi connectivity index (χ2v) is 14.5. The minimum absolute atomic E-state index is 0.0227. The zero-order valence-corrected chi connectivity index (χ0v) is 37.3. The molecular weight excluding hydrogens is 717 g/mol. The minimum Gasteiger partial charge on any atom is -0.462 e. The normalized spacial score (nSPS) is 13.4. The molecule has 0 radical (unpaired) electrons. The third kappa shape index (κ3) is 45.0. The maximum atomic E-state index is 12.7. The van der Waals surface area contributed by atoms with Crippen molar-refractivity contribution in [3.8, 4) is 0 Å². The molecule has 0 aliphatic rings. The second-order valence-electron chi connectivity index (χ2n) is 14.5. The highest BCUT2D eigenvalue weighted by atomic mass is 16.6. The molecule has 0 amide bonds. The number of allylic oxidation sites excluding steroid dienone is 20. The van der Waals surface area contributed by atoms with Gasteiger partial charge in [-0.3, -0.25) is 9.59 Å². The first kappa shape index (κ1) is 54.3. The average Bonchev–Trinajstić information content (AvgIpc) is 3.22. The number of unbranched alkanes of at least 4 members (excludes halogenated alkanes) is 9. The summed E-state index contributed by atoms with van der Waals surface area (Å²) in [6, 6.07) is 0. The molecule has 5 heteroatoms. The van der Waals surface area contributed by atoms with E-state index in [1.165, 1.54) is 38.5 Å². The molecule has 5 nitrogen and oxygen atoms in total. The van der Waals surface area contributed by atoms with Gasteiger partial charge in [0.2, 0.25) is 0 Å². The van der Waals surface area contributed by atoms with E-state index in [0.29, 0.717) is 19.4 Å². The second kappa shape index (κ2) is 47.7. The van der Waals surface area contributed by atoms with Crippen molar-refractivity contribution in [3.63, 3.8) is 0 Å². The lowest BCUT2D eigenvalue weighted by Gasteiger charge is -2.18. The summed E-state index contributed by atoms with van der Waals surface area (Å²) in [6.07, 6.45) is 66.4. The summed E-state index contributed by atoms with van der Waals surface area (Å²) in [7, 11) is 0. The number of rotatable bonds is 40. The van der Waals surface area contributed by atoms with Gasteiger partial charge in [0.15, 0.2) is 6.10 Å². The lowest BCUT2D eigenvalue weighted by atomic mass is 10.1. The van der Waals surface area contributed by atoms with Crippen LogP contribution in [0.1, 0.15) is 175 Å². The molecule has 0 aromatic heterocycles. The average molecular weight is 801 g/mol. The zero-order chi connectivity index (χ0) is 42.1. The SMILES string of the molecule is CC/C=C\C/C=C\C/C=C\C/C=C\CCCCC(=O)OCC(COCCCCCCCC/C=C\C/C=C\CCC)OC(=O)CC/C=C\C/C=C\C/C=C\C/C=C\CC. The van der Waals surface area contributed by atoms with Gasteiger partial charge in [0, 0.05) is 19.4 Å². The Hall–Kier alpha value is -3.70. The van der Waals surface area contributed by atoms with Crippen molar-refractivity contribution in [2.24, 2.45) is 0 Å². The van der Waals surface area contributed by atoms with Crippen molar-refractivity contribution in [3.05, 3.63) is 122 Å². The molecule has 0 fully saturated rings. The van der Waals surface area contributed by atoms with E-state index in [9.17, 15) is 9.59 Å². The summed E-state index contributed by atoms with van der Waals surface area (Å²) in [4.78, 5) is 25.2. The van der Waals surface area contributed by atoms with Crippen LogP contribution in [0.2, 0.25) is 0 Å². The Bertz CT molecular complexity index is 1220. The van der Waals surface area contributed by atoms with Crippen LogP contribution < -0.4 is 0 Å². The molecule has 0 rings (SSSR count). The summed E-state index contributed by atoms with van der Waals surface area (Å²) in [5.74, 6) is -0.557. The topological polar surface area (TPSA) is 61.8 Å². The highest BCUT2D eigenvalue weighted by Gasteiger charge is 2.17. The Balaban J connectivity index is 4.48. The predicted octanol–water partition coefficient (Wildman–Crippen LogP) is 15.4. The van der Waals surface area contributed by atoms with Crippen LogP contribution in [0.5, 0.6) is 0 Å². The Labute approximate surface area is 356 Å². The number of carbonyl (C=O) groups excluding carboxylic acids is 2. The van der Waals surface area contributed by atoms with E-state index < -0.39 is 6.10 Å². The summed E-state index contributed by atoms with van der Waals surface area (Å²) < 4.78 is 17.2. The van der Waals surface area contributed by atoms with Crippen molar-refractivity contribution < 1.29 is 23.8 Å². The highest BCUT2D eigenvalue weighted by molar-refractivity contribution is 5.70. The molecule has 0 N–H and O–H groups in total. The van der Waals surface area contributed by atoms with E-state index in [1.54, 1.807) is 0 Å². The largest absolute Gasteiger partial charge is 0.462 e. The summed E-state index contributed by atoms with van der Waals surface area (Å²) in [6.45, 7) is 7.36. The van der Waals surface area contributed by atoms with Crippen LogP contribution in [-0.2, 0) is 23.8 Å². The fourth-order valence-electron chi connectivity index (χ4n) is 5.61. The maximum Gasteiger partial charge on any atom is 0.306 e. The standard InChI is InChI=1S/C53H84O5/c1-4-7-10-13-16-19-22-25-27-29-31-34-37-40-43-46-52(54)57-50-51(49-56-48-45-42-39-36-33-30-26-23-20-17-14-11-8-5-2)58-53(55)47-44-41-38-35-32-28-24-21-18-15-12-9-6-3/h7,9-12,14,16,18-21,23,25,27-28,31-32,34,38,41,51H,4-6,8,13,15,17,22,24,26,29-30,33,35-37,39-40,42-50H2,1-3H3/b10-7-,12-9-,14-11-,19-16-,21-18-,23-20-,27-25-,32-28-,34-31-,41-38-. The fraction of sp³-hybridized carbons (Fsp3) is 0.585. The van der Waals surface area contributed by atoms with Gasteiger partial charge in [0.25, 0.3) is 0 Å². The molecule has 0 aliphatic heterocycles.